The summed E-state index contributed by atoms with van der Waals surface area (Å²) in [4.78, 5) is 16.3. The molecule has 2 rings (SSSR count). The number of hydrogen-bond acceptors (Lipinski definition) is 10. The Kier molecular flexibility index (Phi) is 11.5. The van der Waals surface area contributed by atoms with E-state index in [9.17, 15) is 16.8 Å². The summed E-state index contributed by atoms with van der Waals surface area (Å²) >= 11 is 0. The standard InChI is InChI=1S/2C10H17N3O3S/c2*1-4-16-9(8(3)17(11,14)15)10-12-5-7(2)6-13-10/h2*5-6,8-9H,4H2,1-3H3,(H2,11,14,15)/t2*8-,9+/m10/s1. The second-order valence-electron chi connectivity index (χ2n) is 7.58. The summed E-state index contributed by atoms with van der Waals surface area (Å²) in [5.74, 6) is 0.665. The van der Waals surface area contributed by atoms with Crippen molar-refractivity contribution < 1.29 is 26.3 Å². The molecule has 0 amide bonds. The van der Waals surface area contributed by atoms with Gasteiger partial charge >= 0.3 is 0 Å². The van der Waals surface area contributed by atoms with Crippen molar-refractivity contribution in [2.75, 3.05) is 13.2 Å². The SMILES string of the molecule is CCO[C@@H](c1ncc(C)cn1)[C@H](C)S(N)(=O)=O.CCO[C@H](c1ncc(C)cn1)[C@@H](C)S(N)(=O)=O. The van der Waals surface area contributed by atoms with Crippen LogP contribution in [-0.4, -0.2) is 60.5 Å². The Bertz CT molecular complexity index is 1010. The molecule has 0 aliphatic carbocycles. The lowest BCUT2D eigenvalue weighted by atomic mass is 10.2. The van der Waals surface area contributed by atoms with Crippen LogP contribution in [0.4, 0.5) is 0 Å². The molecule has 192 valence electrons. The second-order valence-corrected chi connectivity index (χ2v) is 11.4. The second kappa shape index (κ2) is 13.1. The van der Waals surface area contributed by atoms with Crippen LogP contribution >= 0.6 is 0 Å². The Morgan fingerprint density at radius 1 is 0.706 bits per heavy atom. The lowest BCUT2D eigenvalue weighted by Crippen LogP contribution is -2.33. The summed E-state index contributed by atoms with van der Waals surface area (Å²) in [6.45, 7) is 10.9. The molecule has 0 aliphatic heterocycles. The minimum absolute atomic E-state index is 0.332. The third-order valence-electron chi connectivity index (χ3n) is 4.69. The fourth-order valence-corrected chi connectivity index (χ4v) is 3.73. The molecule has 2 aromatic heterocycles. The topological polar surface area (TPSA) is 190 Å². The zero-order valence-corrected chi connectivity index (χ0v) is 21.9. The zero-order valence-electron chi connectivity index (χ0n) is 20.2. The van der Waals surface area contributed by atoms with Crippen LogP contribution in [0.5, 0.6) is 0 Å². The van der Waals surface area contributed by atoms with Crippen molar-refractivity contribution >= 4 is 20.0 Å². The number of sulfonamides is 2. The van der Waals surface area contributed by atoms with E-state index in [2.05, 4.69) is 19.9 Å². The van der Waals surface area contributed by atoms with E-state index in [1.807, 2.05) is 13.8 Å². The Hall–Kier alpha value is -2.10. The van der Waals surface area contributed by atoms with Crippen LogP contribution < -0.4 is 10.3 Å². The number of aryl methyl sites for hydroxylation is 2. The quantitative estimate of drug-likeness (QED) is 0.460. The summed E-state index contributed by atoms with van der Waals surface area (Å²) in [7, 11) is -7.38. The summed E-state index contributed by atoms with van der Waals surface area (Å²) in [5.41, 5.74) is 1.79. The normalized spacial score (nSPS) is 15.5. The van der Waals surface area contributed by atoms with Gasteiger partial charge in [0.25, 0.3) is 0 Å². The lowest BCUT2D eigenvalue weighted by Gasteiger charge is -2.20. The van der Waals surface area contributed by atoms with E-state index < -0.39 is 42.8 Å². The fraction of sp³-hybridized carbons (Fsp3) is 0.600. The highest BCUT2D eigenvalue weighted by Gasteiger charge is 2.31. The first-order valence-electron chi connectivity index (χ1n) is 10.6. The number of hydrogen-bond donors (Lipinski definition) is 2. The first kappa shape index (κ1) is 29.9. The van der Waals surface area contributed by atoms with Crippen LogP contribution in [0.3, 0.4) is 0 Å². The summed E-state index contributed by atoms with van der Waals surface area (Å²) in [5, 5.41) is 8.46. The summed E-state index contributed by atoms with van der Waals surface area (Å²) < 4.78 is 56.1. The molecule has 12 nitrogen and oxygen atoms in total. The number of aromatic nitrogens is 4. The van der Waals surface area contributed by atoms with Gasteiger partial charge in [0.05, 0.1) is 0 Å². The van der Waals surface area contributed by atoms with Crippen molar-refractivity contribution in [1.82, 2.24) is 19.9 Å². The van der Waals surface area contributed by atoms with E-state index in [1.165, 1.54) is 13.8 Å². The molecule has 0 aliphatic rings. The molecule has 4 atom stereocenters. The van der Waals surface area contributed by atoms with Crippen molar-refractivity contribution in [2.45, 2.75) is 64.3 Å². The van der Waals surface area contributed by atoms with Gasteiger partial charge in [0, 0.05) is 38.0 Å². The van der Waals surface area contributed by atoms with Gasteiger partial charge in [-0.05, 0) is 52.7 Å². The highest BCUT2D eigenvalue weighted by atomic mass is 32.2. The minimum atomic E-state index is -3.69. The molecule has 0 saturated heterocycles. The highest BCUT2D eigenvalue weighted by Crippen LogP contribution is 2.22. The van der Waals surface area contributed by atoms with Gasteiger partial charge in [-0.15, -0.1) is 0 Å². The maximum atomic E-state index is 11.3. The van der Waals surface area contributed by atoms with Crippen molar-refractivity contribution in [2.24, 2.45) is 10.3 Å². The molecular weight excluding hydrogens is 484 g/mol. The van der Waals surface area contributed by atoms with Gasteiger partial charge in [-0.3, -0.25) is 0 Å². The molecule has 0 unspecified atom stereocenters. The summed E-state index contributed by atoms with van der Waals surface area (Å²) in [6, 6.07) is 0. The first-order valence-corrected chi connectivity index (χ1v) is 13.8. The van der Waals surface area contributed by atoms with E-state index >= 15 is 0 Å². The Labute approximate surface area is 201 Å². The van der Waals surface area contributed by atoms with Crippen LogP contribution in [0.2, 0.25) is 0 Å². The van der Waals surface area contributed by atoms with Gasteiger partial charge < -0.3 is 9.47 Å². The predicted molar refractivity (Wildman–Crippen MR) is 127 cm³/mol. The zero-order chi connectivity index (χ0) is 26.1. The van der Waals surface area contributed by atoms with Crippen molar-refractivity contribution in [3.8, 4) is 0 Å². The van der Waals surface area contributed by atoms with Crippen molar-refractivity contribution in [1.29, 1.82) is 0 Å². The largest absolute Gasteiger partial charge is 0.369 e. The van der Waals surface area contributed by atoms with E-state index in [1.54, 1.807) is 38.6 Å². The molecule has 0 saturated carbocycles. The van der Waals surface area contributed by atoms with Crippen LogP contribution in [-0.2, 0) is 29.5 Å². The van der Waals surface area contributed by atoms with E-state index in [0.29, 0.717) is 24.9 Å². The van der Waals surface area contributed by atoms with Gasteiger partial charge in [-0.25, -0.2) is 47.0 Å². The number of primary sulfonamides is 2. The molecule has 0 fully saturated rings. The molecule has 2 heterocycles. The van der Waals surface area contributed by atoms with Crippen LogP contribution in [0.1, 0.15) is 62.7 Å². The van der Waals surface area contributed by atoms with Crippen LogP contribution in [0.15, 0.2) is 24.8 Å². The van der Waals surface area contributed by atoms with Gasteiger partial charge in [-0.2, -0.15) is 0 Å². The Balaban J connectivity index is 0.000000340. The van der Waals surface area contributed by atoms with Gasteiger partial charge in [0.15, 0.2) is 11.6 Å². The molecule has 4 N–H and O–H groups in total. The molecule has 0 radical (unpaired) electrons. The Morgan fingerprint density at radius 3 is 1.18 bits per heavy atom. The number of nitrogens with zero attached hydrogens (tertiary/aromatic N) is 4. The third-order valence-corrected chi connectivity index (χ3v) is 7.26. The monoisotopic (exact) mass is 518 g/mol. The minimum Gasteiger partial charge on any atom is -0.369 e. The van der Waals surface area contributed by atoms with Gasteiger partial charge in [-0.1, -0.05) is 0 Å². The van der Waals surface area contributed by atoms with Crippen molar-refractivity contribution in [3.63, 3.8) is 0 Å². The van der Waals surface area contributed by atoms with E-state index in [0.717, 1.165) is 11.1 Å². The van der Waals surface area contributed by atoms with E-state index in [4.69, 9.17) is 19.8 Å². The molecule has 0 aromatic carbocycles. The maximum Gasteiger partial charge on any atom is 0.214 e. The average Bonchev–Trinajstić information content (AvgIpc) is 2.75. The lowest BCUT2D eigenvalue weighted by molar-refractivity contribution is 0.0555. The first-order chi connectivity index (χ1) is 15.7. The molecule has 14 heteroatoms. The number of nitrogens with two attached hydrogens (primary N) is 2. The molecule has 0 spiro atoms. The summed E-state index contributed by atoms with van der Waals surface area (Å²) in [6.07, 6.45) is 4.98. The fourth-order valence-electron chi connectivity index (χ4n) is 2.64. The maximum absolute atomic E-state index is 11.3. The van der Waals surface area contributed by atoms with Crippen LogP contribution in [0.25, 0.3) is 0 Å². The molecular formula is C20H34N6O6S2. The van der Waals surface area contributed by atoms with Gasteiger partial charge in [0.2, 0.25) is 20.0 Å². The smallest absolute Gasteiger partial charge is 0.214 e. The third kappa shape index (κ3) is 9.27. The Morgan fingerprint density at radius 2 is 0.971 bits per heavy atom. The average molecular weight is 519 g/mol. The highest BCUT2D eigenvalue weighted by molar-refractivity contribution is 7.90. The number of rotatable bonds is 10. The molecule has 34 heavy (non-hydrogen) atoms. The predicted octanol–water partition coefficient (Wildman–Crippen LogP) is 1.08. The van der Waals surface area contributed by atoms with Gasteiger partial charge in [0.1, 0.15) is 22.7 Å². The van der Waals surface area contributed by atoms with Crippen molar-refractivity contribution in [3.05, 3.63) is 47.6 Å². The molecule has 0 bridgehead atoms. The van der Waals surface area contributed by atoms with Crippen LogP contribution in [0, 0.1) is 13.8 Å². The number of ether oxygens (including phenoxy) is 2. The van der Waals surface area contributed by atoms with E-state index in [-0.39, 0.29) is 0 Å². The molecule has 2 aromatic rings.